The topological polar surface area (TPSA) is 70.6 Å². The molecule has 0 aromatic heterocycles. The molecule has 3 rings (SSSR count). The van der Waals surface area contributed by atoms with Crippen LogP contribution in [0, 0.1) is 0 Å². The number of hydrogen-bond acceptors (Lipinski definition) is 4. The van der Waals surface area contributed by atoms with Crippen LogP contribution >= 0.6 is 11.6 Å². The lowest BCUT2D eigenvalue weighted by Crippen LogP contribution is -2.40. The summed E-state index contributed by atoms with van der Waals surface area (Å²) in [6.07, 6.45) is -0.00428. The minimum Gasteiger partial charge on any atom is -0.487 e. The number of para-hydroxylation sites is 1. The van der Waals surface area contributed by atoms with Crippen LogP contribution in [0.3, 0.4) is 0 Å². The summed E-state index contributed by atoms with van der Waals surface area (Å²) in [4.78, 5) is 12.2. The number of aliphatic hydroxyl groups excluding tert-OH is 1. The molecule has 0 radical (unpaired) electrons. The van der Waals surface area contributed by atoms with Crippen LogP contribution in [0.15, 0.2) is 48.5 Å². The number of carbonyl (C=O) groups excluding carboxylic acids is 1. The van der Waals surface area contributed by atoms with Gasteiger partial charge in [0, 0.05) is 13.1 Å². The van der Waals surface area contributed by atoms with Crippen molar-refractivity contribution in [3.8, 4) is 5.75 Å². The molecule has 2 aromatic rings. The molecule has 1 amide bonds. The Morgan fingerprint density at radius 3 is 2.64 bits per heavy atom. The van der Waals surface area contributed by atoms with E-state index in [1.165, 1.54) is 0 Å². The standard InChI is InChI=1S/C19H21ClN2O3/c20-16-7-3-4-8-18(16)25-12-14-6-2-1-5-13(14)10-22-19(24)17-9-15(23)11-21-17/h1-8,15,17,21,23H,9-12H2,(H,22,24)/t15-,17+/m1/s1. The molecule has 2 atom stereocenters. The van der Waals surface area contributed by atoms with Crippen LogP contribution in [-0.2, 0) is 17.9 Å². The summed E-state index contributed by atoms with van der Waals surface area (Å²) in [6, 6.07) is 14.8. The van der Waals surface area contributed by atoms with E-state index in [2.05, 4.69) is 10.6 Å². The van der Waals surface area contributed by atoms with Crippen molar-refractivity contribution in [2.24, 2.45) is 0 Å². The van der Waals surface area contributed by atoms with Gasteiger partial charge in [-0.1, -0.05) is 48.0 Å². The molecule has 2 aromatic carbocycles. The number of ether oxygens (including phenoxy) is 1. The van der Waals surface area contributed by atoms with Crippen molar-refractivity contribution < 1.29 is 14.6 Å². The lowest BCUT2D eigenvalue weighted by atomic mass is 10.1. The van der Waals surface area contributed by atoms with Crippen molar-refractivity contribution in [1.29, 1.82) is 0 Å². The first-order valence-electron chi connectivity index (χ1n) is 8.27. The van der Waals surface area contributed by atoms with Crippen molar-refractivity contribution in [2.45, 2.75) is 31.7 Å². The molecule has 132 valence electrons. The second-order valence-electron chi connectivity index (χ2n) is 6.06. The number of halogens is 1. The largest absolute Gasteiger partial charge is 0.487 e. The number of rotatable bonds is 6. The summed E-state index contributed by atoms with van der Waals surface area (Å²) in [7, 11) is 0. The highest BCUT2D eigenvalue weighted by Crippen LogP contribution is 2.24. The van der Waals surface area contributed by atoms with Gasteiger partial charge in [0.2, 0.25) is 5.91 Å². The van der Waals surface area contributed by atoms with Crippen LogP contribution in [0.2, 0.25) is 5.02 Å². The number of benzene rings is 2. The highest BCUT2D eigenvalue weighted by Gasteiger charge is 2.27. The first-order valence-corrected chi connectivity index (χ1v) is 8.64. The van der Waals surface area contributed by atoms with Gasteiger partial charge in [-0.25, -0.2) is 0 Å². The molecular formula is C19H21ClN2O3. The Labute approximate surface area is 152 Å². The van der Waals surface area contributed by atoms with Crippen LogP contribution in [-0.4, -0.2) is 29.7 Å². The number of aliphatic hydroxyl groups is 1. The van der Waals surface area contributed by atoms with Gasteiger partial charge in [-0.3, -0.25) is 4.79 Å². The summed E-state index contributed by atoms with van der Waals surface area (Å²) in [5, 5.41) is 16.0. The van der Waals surface area contributed by atoms with Gasteiger partial charge in [-0.05, 0) is 29.7 Å². The third-order valence-corrected chi connectivity index (χ3v) is 4.53. The quantitative estimate of drug-likeness (QED) is 0.739. The van der Waals surface area contributed by atoms with Gasteiger partial charge in [0.1, 0.15) is 12.4 Å². The second-order valence-corrected chi connectivity index (χ2v) is 6.46. The first-order chi connectivity index (χ1) is 12.1. The van der Waals surface area contributed by atoms with Gasteiger partial charge >= 0.3 is 0 Å². The van der Waals surface area contributed by atoms with Crippen LogP contribution in [0.4, 0.5) is 0 Å². The Hall–Kier alpha value is -2.08. The van der Waals surface area contributed by atoms with E-state index in [1.807, 2.05) is 42.5 Å². The zero-order chi connectivity index (χ0) is 17.6. The van der Waals surface area contributed by atoms with Crippen LogP contribution in [0.25, 0.3) is 0 Å². The Balaban J connectivity index is 1.59. The number of nitrogens with one attached hydrogen (secondary N) is 2. The molecule has 5 nitrogen and oxygen atoms in total. The van der Waals surface area contributed by atoms with Crippen molar-refractivity contribution in [2.75, 3.05) is 6.54 Å². The van der Waals surface area contributed by atoms with E-state index < -0.39 is 6.10 Å². The number of hydrogen-bond donors (Lipinski definition) is 3. The predicted octanol–water partition coefficient (Wildman–Crippen LogP) is 2.26. The van der Waals surface area contributed by atoms with E-state index in [-0.39, 0.29) is 11.9 Å². The fraction of sp³-hybridized carbons (Fsp3) is 0.316. The molecule has 1 aliphatic rings. The van der Waals surface area contributed by atoms with Gasteiger partial charge in [0.15, 0.2) is 0 Å². The molecule has 0 saturated carbocycles. The lowest BCUT2D eigenvalue weighted by molar-refractivity contribution is -0.123. The zero-order valence-corrected chi connectivity index (χ0v) is 14.5. The summed E-state index contributed by atoms with van der Waals surface area (Å²) in [6.45, 7) is 1.24. The molecule has 0 aliphatic carbocycles. The minimum atomic E-state index is -0.452. The molecule has 0 bridgehead atoms. The fourth-order valence-corrected chi connectivity index (χ4v) is 3.00. The van der Waals surface area contributed by atoms with Crippen molar-refractivity contribution in [1.82, 2.24) is 10.6 Å². The molecule has 0 unspecified atom stereocenters. The Morgan fingerprint density at radius 1 is 1.20 bits per heavy atom. The van der Waals surface area contributed by atoms with Gasteiger partial charge in [-0.2, -0.15) is 0 Å². The van der Waals surface area contributed by atoms with Crippen LogP contribution < -0.4 is 15.4 Å². The molecule has 1 saturated heterocycles. The summed E-state index contributed by atoms with van der Waals surface area (Å²) in [5.41, 5.74) is 1.98. The maximum atomic E-state index is 12.2. The summed E-state index contributed by atoms with van der Waals surface area (Å²) < 4.78 is 5.79. The highest BCUT2D eigenvalue weighted by molar-refractivity contribution is 6.32. The highest BCUT2D eigenvalue weighted by atomic mass is 35.5. The zero-order valence-electron chi connectivity index (χ0n) is 13.7. The SMILES string of the molecule is O=C(NCc1ccccc1COc1ccccc1Cl)[C@@H]1C[C@@H](O)CN1. The van der Waals surface area contributed by atoms with Gasteiger partial charge in [0.05, 0.1) is 17.2 Å². The minimum absolute atomic E-state index is 0.0987. The molecule has 1 aliphatic heterocycles. The smallest absolute Gasteiger partial charge is 0.237 e. The summed E-state index contributed by atoms with van der Waals surface area (Å²) in [5.74, 6) is 0.533. The Kier molecular flexibility index (Phi) is 5.91. The van der Waals surface area contributed by atoms with Crippen molar-refractivity contribution in [3.63, 3.8) is 0 Å². The molecule has 25 heavy (non-hydrogen) atoms. The van der Waals surface area contributed by atoms with Crippen LogP contribution in [0.1, 0.15) is 17.5 Å². The van der Waals surface area contributed by atoms with E-state index >= 15 is 0 Å². The van der Waals surface area contributed by atoms with Crippen molar-refractivity contribution in [3.05, 3.63) is 64.7 Å². The van der Waals surface area contributed by atoms with E-state index in [4.69, 9.17) is 16.3 Å². The monoisotopic (exact) mass is 360 g/mol. The molecular weight excluding hydrogens is 340 g/mol. The van der Waals surface area contributed by atoms with Gasteiger partial charge in [0.25, 0.3) is 0 Å². The molecule has 1 heterocycles. The number of carbonyl (C=O) groups is 1. The first kappa shape index (κ1) is 17.7. The molecule has 6 heteroatoms. The molecule has 3 N–H and O–H groups in total. The van der Waals surface area contributed by atoms with Gasteiger partial charge < -0.3 is 20.5 Å². The fourth-order valence-electron chi connectivity index (χ4n) is 2.81. The maximum Gasteiger partial charge on any atom is 0.237 e. The Morgan fingerprint density at radius 2 is 1.92 bits per heavy atom. The van der Waals surface area contributed by atoms with Gasteiger partial charge in [-0.15, -0.1) is 0 Å². The van der Waals surface area contributed by atoms with E-state index in [0.717, 1.165) is 11.1 Å². The predicted molar refractivity (Wildman–Crippen MR) is 96.5 cm³/mol. The average molecular weight is 361 g/mol. The Bertz CT molecular complexity index is 738. The van der Waals surface area contributed by atoms with E-state index in [9.17, 15) is 9.90 Å². The molecule has 0 spiro atoms. The normalized spacial score (nSPS) is 19.6. The van der Waals surface area contributed by atoms with E-state index in [0.29, 0.717) is 36.9 Å². The maximum absolute atomic E-state index is 12.2. The lowest BCUT2D eigenvalue weighted by Gasteiger charge is -2.14. The second kappa shape index (κ2) is 8.34. The van der Waals surface area contributed by atoms with Crippen LogP contribution in [0.5, 0.6) is 5.75 Å². The average Bonchev–Trinajstić information content (AvgIpc) is 3.06. The molecule has 1 fully saturated rings. The summed E-state index contributed by atoms with van der Waals surface area (Å²) >= 11 is 6.11. The number of β-amino-alcohol motifs (C(OH)–C–C–N with tert-alkyl or cyclic N) is 1. The third-order valence-electron chi connectivity index (χ3n) is 4.22. The van der Waals surface area contributed by atoms with Crippen molar-refractivity contribution >= 4 is 17.5 Å². The van der Waals surface area contributed by atoms with E-state index in [1.54, 1.807) is 6.07 Å². The number of amides is 1. The third kappa shape index (κ3) is 4.72.